The fraction of sp³-hybridized carbons (Fsp3) is 0.0588. The Kier molecular flexibility index (Phi) is 4.33. The number of benzene rings is 1. The van der Waals surface area contributed by atoms with Crippen LogP contribution in [-0.4, -0.2) is 12.1 Å². The summed E-state index contributed by atoms with van der Waals surface area (Å²) in [4.78, 5) is 5.34. The molecule has 114 valence electrons. The van der Waals surface area contributed by atoms with E-state index < -0.39 is 0 Å². The Bertz CT molecular complexity index is 914. The van der Waals surface area contributed by atoms with Gasteiger partial charge in [0, 0.05) is 25.9 Å². The molecule has 0 radical (unpaired) electrons. The monoisotopic (exact) mass is 385 g/mol. The van der Waals surface area contributed by atoms with Gasteiger partial charge >= 0.3 is 0 Å². The van der Waals surface area contributed by atoms with E-state index in [4.69, 9.17) is 10.5 Å². The molecular weight excluding hydrogens is 374 g/mol. The summed E-state index contributed by atoms with van der Waals surface area (Å²) in [5.41, 5.74) is 8.79. The molecule has 0 aliphatic rings. The lowest BCUT2D eigenvalue weighted by atomic mass is 10.0. The number of rotatable bonds is 3. The molecule has 0 atom stereocenters. The van der Waals surface area contributed by atoms with Crippen LogP contribution in [0.15, 0.2) is 46.3 Å². The Hall–Kier alpha value is -2.36. The predicted octanol–water partition coefficient (Wildman–Crippen LogP) is 4.70. The number of hydrogen-bond donors (Lipinski definition) is 1. The molecule has 0 amide bonds. The van der Waals surface area contributed by atoms with Gasteiger partial charge in [-0.15, -0.1) is 11.3 Å². The van der Waals surface area contributed by atoms with Gasteiger partial charge in [-0.2, -0.15) is 5.26 Å². The van der Waals surface area contributed by atoms with Crippen LogP contribution < -0.4 is 10.5 Å². The SMILES string of the molecule is COc1cccc(-c2cc(-c3cc(Br)cs3)c(C#N)c(N)n2)c1. The normalized spacial score (nSPS) is 10.3. The number of anilines is 1. The van der Waals surface area contributed by atoms with E-state index in [2.05, 4.69) is 27.0 Å². The van der Waals surface area contributed by atoms with E-state index in [1.54, 1.807) is 18.4 Å². The van der Waals surface area contributed by atoms with Crippen molar-refractivity contribution in [2.45, 2.75) is 0 Å². The number of nitrogen functional groups attached to an aromatic ring is 1. The van der Waals surface area contributed by atoms with Crippen molar-refractivity contribution in [2.75, 3.05) is 12.8 Å². The van der Waals surface area contributed by atoms with E-state index >= 15 is 0 Å². The second-order valence-electron chi connectivity index (χ2n) is 4.79. The second kappa shape index (κ2) is 6.41. The minimum absolute atomic E-state index is 0.229. The Labute approximate surface area is 146 Å². The van der Waals surface area contributed by atoms with Gasteiger partial charge in [-0.25, -0.2) is 4.98 Å². The van der Waals surface area contributed by atoms with Gasteiger partial charge in [-0.1, -0.05) is 12.1 Å². The molecule has 0 aliphatic heterocycles. The van der Waals surface area contributed by atoms with Crippen LogP contribution in [0.3, 0.4) is 0 Å². The van der Waals surface area contributed by atoms with Crippen LogP contribution in [0.25, 0.3) is 21.7 Å². The van der Waals surface area contributed by atoms with Crippen molar-refractivity contribution in [3.63, 3.8) is 0 Å². The maximum absolute atomic E-state index is 9.41. The van der Waals surface area contributed by atoms with Crippen LogP contribution in [0.1, 0.15) is 5.56 Å². The van der Waals surface area contributed by atoms with Gasteiger partial charge < -0.3 is 10.5 Å². The molecule has 2 aromatic heterocycles. The number of aromatic nitrogens is 1. The van der Waals surface area contributed by atoms with Gasteiger partial charge in [0.2, 0.25) is 0 Å². The molecule has 3 rings (SSSR count). The highest BCUT2D eigenvalue weighted by molar-refractivity contribution is 9.10. The number of nitrogens with two attached hydrogens (primary N) is 1. The minimum atomic E-state index is 0.229. The van der Waals surface area contributed by atoms with Gasteiger partial charge in [0.15, 0.2) is 0 Å². The Morgan fingerprint density at radius 3 is 2.78 bits per heavy atom. The van der Waals surface area contributed by atoms with Crippen molar-refractivity contribution >= 4 is 33.1 Å². The molecule has 4 nitrogen and oxygen atoms in total. The number of hydrogen-bond acceptors (Lipinski definition) is 5. The third-order valence-corrected chi connectivity index (χ3v) is 5.08. The fourth-order valence-electron chi connectivity index (χ4n) is 2.26. The zero-order valence-electron chi connectivity index (χ0n) is 12.2. The molecule has 0 spiro atoms. The van der Waals surface area contributed by atoms with Gasteiger partial charge in [-0.3, -0.25) is 0 Å². The molecule has 0 saturated heterocycles. The van der Waals surface area contributed by atoms with Crippen molar-refractivity contribution in [1.29, 1.82) is 5.26 Å². The van der Waals surface area contributed by atoms with Gasteiger partial charge in [0.1, 0.15) is 23.2 Å². The number of pyridine rings is 1. The standard InChI is InChI=1S/C17H12BrN3OS/c1-22-12-4-2-3-10(5-12)15-7-13(14(8-19)17(20)21-15)16-6-11(18)9-23-16/h2-7,9H,1H3,(H2,20,21). The average Bonchev–Trinajstić information content (AvgIpc) is 3.00. The quantitative estimate of drug-likeness (QED) is 0.708. The summed E-state index contributed by atoms with van der Waals surface area (Å²) in [6.07, 6.45) is 0. The summed E-state index contributed by atoms with van der Waals surface area (Å²) in [5.74, 6) is 0.972. The first-order valence-corrected chi connectivity index (χ1v) is 8.39. The smallest absolute Gasteiger partial charge is 0.142 e. The molecule has 0 aliphatic carbocycles. The second-order valence-corrected chi connectivity index (χ2v) is 6.62. The number of thiophene rings is 1. The molecule has 0 fully saturated rings. The third-order valence-electron chi connectivity index (χ3n) is 3.36. The van der Waals surface area contributed by atoms with Gasteiger partial charge in [-0.05, 0) is 40.2 Å². The topological polar surface area (TPSA) is 71.9 Å². The maximum atomic E-state index is 9.41. The van der Waals surface area contributed by atoms with Crippen LogP contribution in [0.2, 0.25) is 0 Å². The van der Waals surface area contributed by atoms with Gasteiger partial charge in [0.25, 0.3) is 0 Å². The fourth-order valence-corrected chi connectivity index (χ4v) is 3.71. The molecule has 0 saturated carbocycles. The number of halogens is 1. The summed E-state index contributed by atoms with van der Waals surface area (Å²) in [5, 5.41) is 11.4. The van der Waals surface area contributed by atoms with Gasteiger partial charge in [0.05, 0.1) is 12.8 Å². The minimum Gasteiger partial charge on any atom is -0.497 e. The van der Waals surface area contributed by atoms with Crippen LogP contribution in [0.5, 0.6) is 5.75 Å². The molecule has 6 heteroatoms. The molecule has 3 aromatic rings. The van der Waals surface area contributed by atoms with E-state index in [0.29, 0.717) is 11.3 Å². The lowest BCUT2D eigenvalue weighted by Gasteiger charge is -2.09. The van der Waals surface area contributed by atoms with Crippen LogP contribution in [0, 0.1) is 11.3 Å². The van der Waals surface area contributed by atoms with Crippen molar-refractivity contribution in [1.82, 2.24) is 4.98 Å². The first-order valence-electron chi connectivity index (χ1n) is 6.72. The first-order chi connectivity index (χ1) is 11.1. The van der Waals surface area contributed by atoms with E-state index in [-0.39, 0.29) is 5.82 Å². The van der Waals surface area contributed by atoms with Crippen LogP contribution in [-0.2, 0) is 0 Å². The van der Waals surface area contributed by atoms with E-state index in [1.165, 1.54) is 0 Å². The molecule has 0 unspecified atom stereocenters. The van der Waals surface area contributed by atoms with Crippen molar-refractivity contribution in [2.24, 2.45) is 0 Å². The highest BCUT2D eigenvalue weighted by Gasteiger charge is 2.15. The zero-order valence-corrected chi connectivity index (χ0v) is 14.6. The zero-order chi connectivity index (χ0) is 16.4. The van der Waals surface area contributed by atoms with Crippen molar-refractivity contribution < 1.29 is 4.74 Å². The molecule has 23 heavy (non-hydrogen) atoms. The molecule has 2 heterocycles. The summed E-state index contributed by atoms with van der Waals surface area (Å²) in [7, 11) is 1.62. The maximum Gasteiger partial charge on any atom is 0.142 e. The average molecular weight is 386 g/mol. The summed E-state index contributed by atoms with van der Waals surface area (Å²) >= 11 is 4.99. The molecular formula is C17H12BrN3OS. The summed E-state index contributed by atoms with van der Waals surface area (Å²) < 4.78 is 6.23. The lowest BCUT2D eigenvalue weighted by molar-refractivity contribution is 0.415. The Balaban J connectivity index is 2.20. The van der Waals surface area contributed by atoms with Crippen molar-refractivity contribution in [3.8, 4) is 33.5 Å². The Morgan fingerprint density at radius 2 is 2.13 bits per heavy atom. The van der Waals surface area contributed by atoms with Crippen LogP contribution >= 0.6 is 27.3 Å². The van der Waals surface area contributed by atoms with E-state index in [1.807, 2.05) is 41.8 Å². The highest BCUT2D eigenvalue weighted by atomic mass is 79.9. The van der Waals surface area contributed by atoms with E-state index in [0.717, 1.165) is 26.2 Å². The summed E-state index contributed by atoms with van der Waals surface area (Å²) in [6, 6.07) is 13.6. The largest absolute Gasteiger partial charge is 0.497 e. The highest BCUT2D eigenvalue weighted by Crippen LogP contribution is 2.36. The van der Waals surface area contributed by atoms with Crippen molar-refractivity contribution in [3.05, 3.63) is 51.8 Å². The molecule has 0 bridgehead atoms. The van der Waals surface area contributed by atoms with Crippen LogP contribution in [0.4, 0.5) is 5.82 Å². The number of methoxy groups -OCH3 is 1. The lowest BCUT2D eigenvalue weighted by Crippen LogP contribution is -1.99. The summed E-state index contributed by atoms with van der Waals surface area (Å²) in [6.45, 7) is 0. The first kappa shape index (κ1) is 15.5. The number of nitrogens with zero attached hydrogens (tertiary/aromatic N) is 2. The third kappa shape index (κ3) is 3.07. The molecule has 1 aromatic carbocycles. The number of ether oxygens (including phenoxy) is 1. The van der Waals surface area contributed by atoms with E-state index in [9.17, 15) is 5.26 Å². The number of nitriles is 1. The molecule has 2 N–H and O–H groups in total. The Morgan fingerprint density at radius 1 is 1.30 bits per heavy atom. The predicted molar refractivity (Wildman–Crippen MR) is 96.4 cm³/mol.